The second kappa shape index (κ2) is 11.3. The van der Waals surface area contributed by atoms with E-state index < -0.39 is 0 Å². The third kappa shape index (κ3) is 5.59. The van der Waals surface area contributed by atoms with Gasteiger partial charge < -0.3 is 14.8 Å². The number of carbonyl (C=O) groups is 1. The van der Waals surface area contributed by atoms with Crippen molar-refractivity contribution in [2.24, 2.45) is 0 Å². The Balaban J connectivity index is 1.48. The van der Waals surface area contributed by atoms with Crippen molar-refractivity contribution in [1.82, 2.24) is 14.9 Å². The highest BCUT2D eigenvalue weighted by Gasteiger charge is 2.18. The normalized spacial score (nSPS) is 11.0. The molecule has 0 fully saturated rings. The Bertz CT molecular complexity index is 1440. The van der Waals surface area contributed by atoms with Crippen LogP contribution in [0.2, 0.25) is 10.0 Å². The van der Waals surface area contributed by atoms with Crippen molar-refractivity contribution in [2.45, 2.75) is 11.6 Å². The summed E-state index contributed by atoms with van der Waals surface area (Å²) in [6, 6.07) is 12.5. The second-order valence-electron chi connectivity index (χ2n) is 7.32. The molecule has 2 aromatic heterocycles. The van der Waals surface area contributed by atoms with Gasteiger partial charge in [-0.25, -0.2) is 4.98 Å². The summed E-state index contributed by atoms with van der Waals surface area (Å²) in [5, 5.41) is 5.64. The first kappa shape index (κ1) is 25.4. The zero-order valence-corrected chi connectivity index (χ0v) is 22.0. The molecule has 0 aliphatic carbocycles. The number of amides is 1. The van der Waals surface area contributed by atoms with Crippen LogP contribution in [0.25, 0.3) is 15.9 Å². The van der Waals surface area contributed by atoms with Gasteiger partial charge >= 0.3 is 0 Å². The van der Waals surface area contributed by atoms with Crippen molar-refractivity contribution >= 4 is 62.4 Å². The Morgan fingerprint density at radius 1 is 1.14 bits per heavy atom. The van der Waals surface area contributed by atoms with Gasteiger partial charge in [-0.15, -0.1) is 11.3 Å². The van der Waals surface area contributed by atoms with Crippen molar-refractivity contribution in [2.75, 3.05) is 26.5 Å². The Kier molecular flexibility index (Phi) is 8.22. The van der Waals surface area contributed by atoms with Crippen LogP contribution in [0.1, 0.15) is 5.56 Å². The molecule has 4 rings (SSSR count). The maximum atomic E-state index is 13.2. The molecule has 0 spiro atoms. The minimum atomic E-state index is -0.259. The minimum Gasteiger partial charge on any atom is -0.493 e. The lowest BCUT2D eigenvalue weighted by molar-refractivity contribution is -0.118. The molecule has 1 amide bonds. The largest absolute Gasteiger partial charge is 0.493 e. The highest BCUT2D eigenvalue weighted by Crippen LogP contribution is 2.31. The van der Waals surface area contributed by atoms with E-state index in [1.165, 1.54) is 15.9 Å². The van der Waals surface area contributed by atoms with Gasteiger partial charge in [-0.3, -0.25) is 14.2 Å². The Hall–Kier alpha value is -2.72. The molecule has 0 saturated carbocycles. The van der Waals surface area contributed by atoms with Crippen molar-refractivity contribution in [3.63, 3.8) is 0 Å². The quantitative estimate of drug-likeness (QED) is 0.227. The summed E-state index contributed by atoms with van der Waals surface area (Å²) in [6.45, 7) is 0.443. The van der Waals surface area contributed by atoms with Crippen LogP contribution in [0.3, 0.4) is 0 Å². The summed E-state index contributed by atoms with van der Waals surface area (Å²) in [5.74, 6) is 1.18. The molecule has 11 heteroatoms. The monoisotopic (exact) mass is 549 g/mol. The first-order valence-corrected chi connectivity index (χ1v) is 13.1. The van der Waals surface area contributed by atoms with Gasteiger partial charge in [-0.05, 0) is 47.7 Å². The first-order chi connectivity index (χ1) is 16.9. The molecule has 0 bridgehead atoms. The molecule has 0 saturated heterocycles. The van der Waals surface area contributed by atoms with Crippen LogP contribution in [0, 0.1) is 0 Å². The van der Waals surface area contributed by atoms with E-state index >= 15 is 0 Å². The molecule has 2 heterocycles. The number of rotatable bonds is 9. The van der Waals surface area contributed by atoms with Crippen LogP contribution < -0.4 is 20.3 Å². The number of ether oxygens (including phenoxy) is 2. The number of aromatic nitrogens is 2. The molecule has 7 nitrogen and oxygen atoms in total. The van der Waals surface area contributed by atoms with Gasteiger partial charge in [-0.2, -0.15) is 0 Å². The van der Waals surface area contributed by atoms with E-state index in [1.54, 1.807) is 43.9 Å². The number of thiophene rings is 1. The molecule has 0 aliphatic heterocycles. The molecule has 0 aliphatic rings. The summed E-state index contributed by atoms with van der Waals surface area (Å²) < 4.78 is 12.5. The third-order valence-electron chi connectivity index (χ3n) is 5.14. The van der Waals surface area contributed by atoms with Gasteiger partial charge in [0.2, 0.25) is 5.91 Å². The van der Waals surface area contributed by atoms with E-state index in [-0.39, 0.29) is 22.2 Å². The van der Waals surface area contributed by atoms with Crippen LogP contribution in [0.4, 0.5) is 0 Å². The molecule has 1 N–H and O–H groups in total. The SMILES string of the molecule is COc1ccc(CCNC(=O)CSc2nc3ccsc3c(=O)n2-c2cccc(Cl)c2Cl)cc1OC. The molecule has 0 radical (unpaired) electrons. The lowest BCUT2D eigenvalue weighted by atomic mass is 10.1. The molecule has 0 atom stereocenters. The highest BCUT2D eigenvalue weighted by molar-refractivity contribution is 7.99. The lowest BCUT2D eigenvalue weighted by Gasteiger charge is -2.14. The smallest absolute Gasteiger partial charge is 0.276 e. The maximum absolute atomic E-state index is 13.2. The van der Waals surface area contributed by atoms with Gasteiger partial charge in [0.25, 0.3) is 5.56 Å². The van der Waals surface area contributed by atoms with Crippen molar-refractivity contribution in [1.29, 1.82) is 0 Å². The van der Waals surface area contributed by atoms with E-state index in [2.05, 4.69) is 10.3 Å². The fraction of sp³-hybridized carbons (Fsp3) is 0.208. The third-order valence-corrected chi connectivity index (χ3v) is 7.78. The fourth-order valence-corrected chi connectivity index (χ4v) is 5.41. The van der Waals surface area contributed by atoms with E-state index in [0.29, 0.717) is 50.5 Å². The van der Waals surface area contributed by atoms with Gasteiger partial charge in [0.15, 0.2) is 16.7 Å². The molecule has 2 aromatic carbocycles. The van der Waals surface area contributed by atoms with Crippen LogP contribution >= 0.6 is 46.3 Å². The highest BCUT2D eigenvalue weighted by atomic mass is 35.5. The molecule has 182 valence electrons. The zero-order valence-electron chi connectivity index (χ0n) is 18.8. The summed E-state index contributed by atoms with van der Waals surface area (Å²) >= 11 is 15.1. The van der Waals surface area contributed by atoms with E-state index in [0.717, 1.165) is 17.3 Å². The van der Waals surface area contributed by atoms with E-state index in [1.807, 2.05) is 18.2 Å². The van der Waals surface area contributed by atoms with Gasteiger partial charge in [0.05, 0.1) is 41.2 Å². The maximum Gasteiger partial charge on any atom is 0.276 e. The average molecular weight is 550 g/mol. The predicted octanol–water partition coefficient (Wildman–Crippen LogP) is 5.22. The summed E-state index contributed by atoms with van der Waals surface area (Å²) in [6.07, 6.45) is 0.624. The predicted molar refractivity (Wildman–Crippen MR) is 142 cm³/mol. The summed E-state index contributed by atoms with van der Waals surface area (Å²) in [7, 11) is 3.17. The number of nitrogens with one attached hydrogen (secondary N) is 1. The standard InChI is InChI=1S/C24H21Cl2N3O4S2/c1-32-18-7-6-14(12-19(18)33-2)8-10-27-20(30)13-35-24-28-16-9-11-34-22(16)23(31)29(24)17-5-3-4-15(25)21(17)26/h3-7,9,11-12H,8,10,13H2,1-2H3,(H,27,30). The van der Waals surface area contributed by atoms with Crippen LogP contribution in [0.5, 0.6) is 11.5 Å². The number of fused-ring (bicyclic) bond motifs is 1. The number of thioether (sulfide) groups is 1. The second-order valence-corrected chi connectivity index (χ2v) is 9.96. The van der Waals surface area contributed by atoms with Crippen LogP contribution in [0.15, 0.2) is 57.8 Å². The number of methoxy groups -OCH3 is 2. The number of hydrogen-bond donors (Lipinski definition) is 1. The Labute approximate surface area is 220 Å². The van der Waals surface area contributed by atoms with Crippen LogP contribution in [-0.2, 0) is 11.2 Å². The lowest BCUT2D eigenvalue weighted by Crippen LogP contribution is -2.28. The van der Waals surface area contributed by atoms with Crippen LogP contribution in [-0.4, -0.2) is 42.0 Å². The van der Waals surface area contributed by atoms with Gasteiger partial charge in [0.1, 0.15) is 4.70 Å². The average Bonchev–Trinajstić information content (AvgIpc) is 3.34. The number of carbonyl (C=O) groups excluding carboxylic acids is 1. The number of halogens is 2. The number of hydrogen-bond acceptors (Lipinski definition) is 7. The molecular formula is C24H21Cl2N3O4S2. The van der Waals surface area contributed by atoms with Gasteiger partial charge in [0, 0.05) is 6.54 Å². The number of nitrogens with zero attached hydrogens (tertiary/aromatic N) is 2. The van der Waals surface area contributed by atoms with Crippen molar-refractivity contribution in [3.8, 4) is 17.2 Å². The molecule has 35 heavy (non-hydrogen) atoms. The van der Waals surface area contributed by atoms with E-state index in [9.17, 15) is 9.59 Å². The van der Waals surface area contributed by atoms with Gasteiger partial charge in [-0.1, -0.05) is 47.1 Å². The molecular weight excluding hydrogens is 529 g/mol. The summed E-state index contributed by atoms with van der Waals surface area (Å²) in [5.41, 5.74) is 1.74. The topological polar surface area (TPSA) is 82.5 Å². The first-order valence-electron chi connectivity index (χ1n) is 10.5. The minimum absolute atomic E-state index is 0.0756. The molecule has 4 aromatic rings. The number of benzene rings is 2. The van der Waals surface area contributed by atoms with Crippen molar-refractivity contribution in [3.05, 3.63) is 73.8 Å². The summed E-state index contributed by atoms with van der Waals surface area (Å²) in [4.78, 5) is 30.4. The fourth-order valence-electron chi connectivity index (χ4n) is 3.43. The Morgan fingerprint density at radius 2 is 1.94 bits per heavy atom. The zero-order chi connectivity index (χ0) is 24.9. The van der Waals surface area contributed by atoms with Crippen molar-refractivity contribution < 1.29 is 14.3 Å². The Morgan fingerprint density at radius 3 is 2.71 bits per heavy atom. The molecule has 0 unspecified atom stereocenters. The van der Waals surface area contributed by atoms with E-state index in [4.69, 9.17) is 32.7 Å².